The standard InChI is InChI=1S/C14H18O3/c1-14(2,16)13-9-11-8-10(4-3-7-15)5-6-12(11)17-13/h3-6,8,13,15-16H,7,9H2,1-2H3. The Morgan fingerprint density at radius 3 is 2.88 bits per heavy atom. The highest BCUT2D eigenvalue weighted by molar-refractivity contribution is 5.54. The minimum Gasteiger partial charge on any atom is -0.487 e. The molecule has 17 heavy (non-hydrogen) atoms. The summed E-state index contributed by atoms with van der Waals surface area (Å²) in [5.74, 6) is 0.846. The van der Waals surface area contributed by atoms with E-state index in [0.717, 1.165) is 23.3 Å². The fraction of sp³-hybridized carbons (Fsp3) is 0.429. The molecule has 1 atom stereocenters. The first-order chi connectivity index (χ1) is 8.00. The fourth-order valence-electron chi connectivity index (χ4n) is 1.95. The van der Waals surface area contributed by atoms with Gasteiger partial charge in [0.1, 0.15) is 11.9 Å². The maximum absolute atomic E-state index is 9.93. The second kappa shape index (κ2) is 4.51. The van der Waals surface area contributed by atoms with Crippen molar-refractivity contribution < 1.29 is 14.9 Å². The van der Waals surface area contributed by atoms with Gasteiger partial charge in [-0.15, -0.1) is 0 Å². The summed E-state index contributed by atoms with van der Waals surface area (Å²) in [5.41, 5.74) is 1.31. The molecule has 0 amide bonds. The van der Waals surface area contributed by atoms with Crippen LogP contribution in [-0.2, 0) is 6.42 Å². The lowest BCUT2D eigenvalue weighted by atomic mass is 9.96. The molecule has 1 aliphatic heterocycles. The lowest BCUT2D eigenvalue weighted by Crippen LogP contribution is -2.39. The van der Waals surface area contributed by atoms with E-state index in [1.807, 2.05) is 24.3 Å². The predicted octanol–water partition coefficient (Wildman–Crippen LogP) is 1.77. The van der Waals surface area contributed by atoms with Crippen LogP contribution >= 0.6 is 0 Å². The quantitative estimate of drug-likeness (QED) is 0.838. The van der Waals surface area contributed by atoms with Crippen molar-refractivity contribution >= 4 is 6.08 Å². The van der Waals surface area contributed by atoms with Crippen LogP contribution in [0.5, 0.6) is 5.75 Å². The van der Waals surface area contributed by atoms with Gasteiger partial charge < -0.3 is 14.9 Å². The van der Waals surface area contributed by atoms with Crippen LogP contribution in [0.15, 0.2) is 24.3 Å². The smallest absolute Gasteiger partial charge is 0.131 e. The Morgan fingerprint density at radius 1 is 1.47 bits per heavy atom. The molecule has 1 heterocycles. The SMILES string of the molecule is CC(C)(O)C1Cc2cc(C=CCO)ccc2O1. The third-order valence-electron chi connectivity index (χ3n) is 2.96. The Labute approximate surface area is 101 Å². The lowest BCUT2D eigenvalue weighted by Gasteiger charge is -2.24. The highest BCUT2D eigenvalue weighted by Gasteiger charge is 2.34. The van der Waals surface area contributed by atoms with Crippen molar-refractivity contribution in [3.05, 3.63) is 35.4 Å². The summed E-state index contributed by atoms with van der Waals surface area (Å²) >= 11 is 0. The molecule has 0 fully saturated rings. The van der Waals surface area contributed by atoms with Gasteiger partial charge in [0.2, 0.25) is 0 Å². The van der Waals surface area contributed by atoms with Crippen LogP contribution < -0.4 is 4.74 Å². The molecular weight excluding hydrogens is 216 g/mol. The van der Waals surface area contributed by atoms with Gasteiger partial charge in [0.15, 0.2) is 0 Å². The van der Waals surface area contributed by atoms with E-state index >= 15 is 0 Å². The zero-order chi connectivity index (χ0) is 12.5. The Kier molecular flexibility index (Phi) is 3.22. The van der Waals surface area contributed by atoms with E-state index in [4.69, 9.17) is 9.84 Å². The van der Waals surface area contributed by atoms with Crippen LogP contribution in [0, 0.1) is 0 Å². The van der Waals surface area contributed by atoms with Crippen LogP contribution in [0.3, 0.4) is 0 Å². The van der Waals surface area contributed by atoms with Gasteiger partial charge in [0, 0.05) is 6.42 Å². The zero-order valence-electron chi connectivity index (χ0n) is 10.2. The molecule has 0 radical (unpaired) electrons. The number of aliphatic hydroxyl groups is 2. The van der Waals surface area contributed by atoms with Gasteiger partial charge in [0.25, 0.3) is 0 Å². The summed E-state index contributed by atoms with van der Waals surface area (Å²) in [4.78, 5) is 0. The van der Waals surface area contributed by atoms with Gasteiger partial charge >= 0.3 is 0 Å². The second-order valence-corrected chi connectivity index (χ2v) is 4.92. The molecule has 0 saturated carbocycles. The average molecular weight is 234 g/mol. The summed E-state index contributed by atoms with van der Waals surface area (Å²) in [6.07, 6.45) is 4.11. The Bertz CT molecular complexity index is 430. The third kappa shape index (κ3) is 2.68. The van der Waals surface area contributed by atoms with Crippen LogP contribution in [0.1, 0.15) is 25.0 Å². The minimum absolute atomic E-state index is 0.0415. The summed E-state index contributed by atoms with van der Waals surface area (Å²) < 4.78 is 5.71. The van der Waals surface area contributed by atoms with Gasteiger partial charge in [-0.05, 0) is 37.1 Å². The molecule has 0 aliphatic carbocycles. The molecule has 1 aromatic carbocycles. The van der Waals surface area contributed by atoms with Crippen molar-refractivity contribution in [2.45, 2.75) is 32.0 Å². The van der Waals surface area contributed by atoms with Crippen LogP contribution in [0.2, 0.25) is 0 Å². The molecule has 0 bridgehead atoms. The summed E-state index contributed by atoms with van der Waals surface area (Å²) in [5, 5.41) is 18.7. The topological polar surface area (TPSA) is 49.7 Å². The highest BCUT2D eigenvalue weighted by Crippen LogP contribution is 2.33. The van der Waals surface area contributed by atoms with Gasteiger partial charge in [-0.25, -0.2) is 0 Å². The molecule has 1 unspecified atom stereocenters. The first kappa shape index (κ1) is 12.1. The molecule has 2 N–H and O–H groups in total. The number of hydrogen-bond acceptors (Lipinski definition) is 3. The normalized spacial score (nSPS) is 19.4. The second-order valence-electron chi connectivity index (χ2n) is 4.92. The molecule has 2 rings (SSSR count). The van der Waals surface area contributed by atoms with Crippen molar-refractivity contribution in [2.75, 3.05) is 6.61 Å². The average Bonchev–Trinajstić information content (AvgIpc) is 2.68. The fourth-order valence-corrected chi connectivity index (χ4v) is 1.95. The minimum atomic E-state index is -0.833. The first-order valence-corrected chi connectivity index (χ1v) is 5.80. The molecule has 0 saturated heterocycles. The number of ether oxygens (including phenoxy) is 1. The van der Waals surface area contributed by atoms with E-state index in [1.54, 1.807) is 19.9 Å². The van der Waals surface area contributed by atoms with Crippen molar-refractivity contribution in [3.8, 4) is 5.75 Å². The zero-order valence-corrected chi connectivity index (χ0v) is 10.2. The molecule has 3 heteroatoms. The van der Waals surface area contributed by atoms with E-state index in [1.165, 1.54) is 0 Å². The van der Waals surface area contributed by atoms with Crippen molar-refractivity contribution in [3.63, 3.8) is 0 Å². The lowest BCUT2D eigenvalue weighted by molar-refractivity contribution is -0.0229. The van der Waals surface area contributed by atoms with Crippen molar-refractivity contribution in [1.82, 2.24) is 0 Å². The monoisotopic (exact) mass is 234 g/mol. The van der Waals surface area contributed by atoms with Crippen molar-refractivity contribution in [1.29, 1.82) is 0 Å². The Morgan fingerprint density at radius 2 is 2.24 bits per heavy atom. The number of rotatable bonds is 3. The molecule has 3 nitrogen and oxygen atoms in total. The van der Waals surface area contributed by atoms with Crippen LogP contribution in [0.4, 0.5) is 0 Å². The Hall–Kier alpha value is -1.32. The number of hydrogen-bond donors (Lipinski definition) is 2. The molecule has 0 spiro atoms. The molecule has 1 aliphatic rings. The van der Waals surface area contributed by atoms with E-state index in [9.17, 15) is 5.11 Å². The van der Waals surface area contributed by atoms with E-state index in [0.29, 0.717) is 0 Å². The highest BCUT2D eigenvalue weighted by atomic mass is 16.5. The van der Waals surface area contributed by atoms with Crippen LogP contribution in [-0.4, -0.2) is 28.5 Å². The van der Waals surface area contributed by atoms with Gasteiger partial charge in [-0.2, -0.15) is 0 Å². The molecule has 1 aromatic rings. The van der Waals surface area contributed by atoms with Gasteiger partial charge in [-0.3, -0.25) is 0 Å². The Balaban J connectivity index is 2.19. The summed E-state index contributed by atoms with van der Waals surface area (Å²) in [6, 6.07) is 5.89. The van der Waals surface area contributed by atoms with E-state index in [2.05, 4.69) is 0 Å². The predicted molar refractivity (Wildman–Crippen MR) is 67.0 cm³/mol. The summed E-state index contributed by atoms with van der Waals surface area (Å²) in [6.45, 7) is 3.56. The summed E-state index contributed by atoms with van der Waals surface area (Å²) in [7, 11) is 0. The maximum Gasteiger partial charge on any atom is 0.131 e. The maximum atomic E-state index is 9.93. The van der Waals surface area contributed by atoms with Crippen molar-refractivity contribution in [2.24, 2.45) is 0 Å². The molecule has 0 aromatic heterocycles. The van der Waals surface area contributed by atoms with E-state index in [-0.39, 0.29) is 12.7 Å². The van der Waals surface area contributed by atoms with E-state index < -0.39 is 5.60 Å². The number of aliphatic hydroxyl groups excluding tert-OH is 1. The van der Waals surface area contributed by atoms with Crippen LogP contribution in [0.25, 0.3) is 6.08 Å². The first-order valence-electron chi connectivity index (χ1n) is 5.80. The molecular formula is C14H18O3. The largest absolute Gasteiger partial charge is 0.487 e. The number of benzene rings is 1. The molecule has 92 valence electrons. The van der Waals surface area contributed by atoms with Gasteiger partial charge in [0.05, 0.1) is 12.2 Å². The number of fused-ring (bicyclic) bond motifs is 1. The van der Waals surface area contributed by atoms with Gasteiger partial charge in [-0.1, -0.05) is 18.2 Å². The third-order valence-corrected chi connectivity index (χ3v) is 2.96.